The number of ether oxygens (including phenoxy) is 2. The predicted molar refractivity (Wildman–Crippen MR) is 90.5 cm³/mol. The van der Waals surface area contributed by atoms with E-state index in [0.29, 0.717) is 26.0 Å². The summed E-state index contributed by atoms with van der Waals surface area (Å²) < 4.78 is 12.5. The SMILES string of the molecule is O=C1CC2(CCC2)C(C(=O)OC2CCOc3ccc(Br)cc32)CN1. The zero-order valence-corrected chi connectivity index (χ0v) is 14.9. The molecule has 1 spiro atoms. The third kappa shape index (κ3) is 2.70. The Bertz CT molecular complexity index is 686. The van der Waals surface area contributed by atoms with Crippen molar-refractivity contribution in [2.75, 3.05) is 13.2 Å². The highest BCUT2D eigenvalue weighted by Crippen LogP contribution is 2.52. The summed E-state index contributed by atoms with van der Waals surface area (Å²) in [5, 5.41) is 2.83. The fourth-order valence-electron chi connectivity index (χ4n) is 4.11. The second kappa shape index (κ2) is 6.06. The molecular weight excluding hydrogens is 374 g/mol. The molecule has 128 valence electrons. The number of carbonyl (C=O) groups excluding carboxylic acids is 2. The van der Waals surface area contributed by atoms with Gasteiger partial charge in [-0.25, -0.2) is 0 Å². The molecule has 2 fully saturated rings. The van der Waals surface area contributed by atoms with Crippen LogP contribution in [0.15, 0.2) is 22.7 Å². The van der Waals surface area contributed by atoms with E-state index in [1.54, 1.807) is 0 Å². The molecule has 0 aromatic heterocycles. The fraction of sp³-hybridized carbons (Fsp3) is 0.556. The normalized spacial score (nSPS) is 27.5. The molecule has 1 saturated heterocycles. The highest BCUT2D eigenvalue weighted by atomic mass is 79.9. The first-order valence-corrected chi connectivity index (χ1v) is 9.26. The highest BCUT2D eigenvalue weighted by Gasteiger charge is 2.52. The molecule has 1 aromatic carbocycles. The molecule has 24 heavy (non-hydrogen) atoms. The van der Waals surface area contributed by atoms with Crippen LogP contribution in [0.1, 0.15) is 43.8 Å². The molecule has 1 aromatic rings. The molecule has 1 saturated carbocycles. The Hall–Kier alpha value is -1.56. The minimum absolute atomic E-state index is 0.0547. The first kappa shape index (κ1) is 15.9. The van der Waals surface area contributed by atoms with Crippen molar-refractivity contribution < 1.29 is 19.1 Å². The topological polar surface area (TPSA) is 64.6 Å². The number of nitrogens with one attached hydrogen (secondary N) is 1. The summed E-state index contributed by atoms with van der Waals surface area (Å²) in [5.41, 5.74) is 0.733. The van der Waals surface area contributed by atoms with Gasteiger partial charge in [-0.2, -0.15) is 0 Å². The first-order chi connectivity index (χ1) is 11.6. The second-order valence-corrected chi connectivity index (χ2v) is 7.91. The zero-order valence-electron chi connectivity index (χ0n) is 13.3. The molecule has 0 radical (unpaired) electrons. The molecule has 1 amide bonds. The Balaban J connectivity index is 1.53. The van der Waals surface area contributed by atoms with Gasteiger partial charge in [0.25, 0.3) is 0 Å². The third-order valence-corrected chi connectivity index (χ3v) is 6.10. The minimum atomic E-state index is -0.284. The average molecular weight is 394 g/mol. The summed E-state index contributed by atoms with van der Waals surface area (Å²) in [5.74, 6) is 0.409. The van der Waals surface area contributed by atoms with E-state index >= 15 is 0 Å². The number of rotatable bonds is 2. The number of hydrogen-bond acceptors (Lipinski definition) is 4. The van der Waals surface area contributed by atoms with Crippen LogP contribution in [0, 0.1) is 11.3 Å². The average Bonchev–Trinajstić information content (AvgIpc) is 2.53. The lowest BCUT2D eigenvalue weighted by Crippen LogP contribution is -2.54. The van der Waals surface area contributed by atoms with Crippen molar-refractivity contribution in [2.45, 2.75) is 38.2 Å². The molecule has 2 unspecified atom stereocenters. The van der Waals surface area contributed by atoms with Crippen molar-refractivity contribution in [1.82, 2.24) is 5.32 Å². The van der Waals surface area contributed by atoms with E-state index in [1.165, 1.54) is 0 Å². The van der Waals surface area contributed by atoms with E-state index in [0.717, 1.165) is 35.0 Å². The highest BCUT2D eigenvalue weighted by molar-refractivity contribution is 9.10. The Labute approximate surface area is 149 Å². The Morgan fingerprint density at radius 1 is 1.38 bits per heavy atom. The van der Waals surface area contributed by atoms with Crippen molar-refractivity contribution in [3.05, 3.63) is 28.2 Å². The first-order valence-electron chi connectivity index (χ1n) is 8.47. The molecule has 2 heterocycles. The van der Waals surface area contributed by atoms with E-state index in [-0.39, 0.29) is 29.3 Å². The standard InChI is InChI=1S/C18H20BrNO4/c19-11-2-3-14-12(8-11)15(4-7-23-14)24-17(22)13-10-20-16(21)9-18(13)5-1-6-18/h2-3,8,13,15H,1,4-7,9-10H2,(H,20,21). The van der Waals surface area contributed by atoms with Gasteiger partial charge >= 0.3 is 5.97 Å². The summed E-state index contributed by atoms with van der Waals surface area (Å²) >= 11 is 3.46. The quantitative estimate of drug-likeness (QED) is 0.783. The summed E-state index contributed by atoms with van der Waals surface area (Å²) in [4.78, 5) is 24.6. The number of esters is 1. The maximum absolute atomic E-state index is 12.9. The van der Waals surface area contributed by atoms with Gasteiger partial charge in [-0.15, -0.1) is 0 Å². The van der Waals surface area contributed by atoms with Gasteiger partial charge in [0.1, 0.15) is 11.9 Å². The van der Waals surface area contributed by atoms with Gasteiger partial charge in [0.05, 0.1) is 12.5 Å². The van der Waals surface area contributed by atoms with Crippen molar-refractivity contribution in [3.8, 4) is 5.75 Å². The molecule has 5 nitrogen and oxygen atoms in total. The number of amides is 1. The van der Waals surface area contributed by atoms with Crippen LogP contribution in [-0.2, 0) is 14.3 Å². The summed E-state index contributed by atoms with van der Waals surface area (Å²) in [6, 6.07) is 5.77. The van der Waals surface area contributed by atoms with Crippen LogP contribution in [0.5, 0.6) is 5.75 Å². The molecule has 1 aliphatic carbocycles. The third-order valence-electron chi connectivity index (χ3n) is 5.60. The molecule has 1 N–H and O–H groups in total. The second-order valence-electron chi connectivity index (χ2n) is 6.99. The number of piperidine rings is 1. The maximum atomic E-state index is 12.9. The van der Waals surface area contributed by atoms with Crippen molar-refractivity contribution >= 4 is 27.8 Å². The largest absolute Gasteiger partial charge is 0.493 e. The van der Waals surface area contributed by atoms with Gasteiger partial charge in [-0.3, -0.25) is 9.59 Å². The lowest BCUT2D eigenvalue weighted by molar-refractivity contribution is -0.167. The smallest absolute Gasteiger partial charge is 0.311 e. The van der Waals surface area contributed by atoms with Gasteiger partial charge < -0.3 is 14.8 Å². The van der Waals surface area contributed by atoms with Gasteiger partial charge in [-0.05, 0) is 36.5 Å². The van der Waals surface area contributed by atoms with E-state index < -0.39 is 0 Å². The lowest BCUT2D eigenvalue weighted by atomic mass is 9.58. The Morgan fingerprint density at radius 3 is 2.96 bits per heavy atom. The van der Waals surface area contributed by atoms with E-state index in [9.17, 15) is 9.59 Å². The van der Waals surface area contributed by atoms with E-state index in [2.05, 4.69) is 21.2 Å². The summed E-state index contributed by atoms with van der Waals surface area (Å²) in [7, 11) is 0. The predicted octanol–water partition coefficient (Wildman–Crippen LogP) is 3.12. The molecule has 2 aliphatic heterocycles. The minimum Gasteiger partial charge on any atom is -0.493 e. The van der Waals surface area contributed by atoms with Gasteiger partial charge in [-0.1, -0.05) is 22.4 Å². The van der Waals surface area contributed by atoms with Crippen molar-refractivity contribution in [1.29, 1.82) is 0 Å². The zero-order chi connectivity index (χ0) is 16.7. The van der Waals surface area contributed by atoms with Gasteiger partial charge in [0, 0.05) is 29.4 Å². The molecule has 4 rings (SSSR count). The number of halogens is 1. The fourth-order valence-corrected chi connectivity index (χ4v) is 4.48. The number of benzene rings is 1. The van der Waals surface area contributed by atoms with Gasteiger partial charge in [0.15, 0.2) is 0 Å². The number of fused-ring (bicyclic) bond motifs is 1. The van der Waals surface area contributed by atoms with Crippen LogP contribution in [0.4, 0.5) is 0 Å². The van der Waals surface area contributed by atoms with Crippen LogP contribution >= 0.6 is 15.9 Å². The Morgan fingerprint density at radius 2 is 2.21 bits per heavy atom. The monoisotopic (exact) mass is 393 g/mol. The van der Waals surface area contributed by atoms with Crippen molar-refractivity contribution in [3.63, 3.8) is 0 Å². The Kier molecular flexibility index (Phi) is 4.03. The number of carbonyl (C=O) groups is 2. The molecular formula is C18H20BrNO4. The molecule has 3 aliphatic rings. The maximum Gasteiger partial charge on any atom is 0.311 e. The molecule has 2 atom stereocenters. The molecule has 0 bridgehead atoms. The van der Waals surface area contributed by atoms with Crippen LogP contribution in [0.3, 0.4) is 0 Å². The van der Waals surface area contributed by atoms with Crippen molar-refractivity contribution in [2.24, 2.45) is 11.3 Å². The lowest BCUT2D eigenvalue weighted by Gasteiger charge is -2.49. The summed E-state index contributed by atoms with van der Waals surface area (Å²) in [6.45, 7) is 0.936. The van der Waals surface area contributed by atoms with Gasteiger partial charge in [0.2, 0.25) is 5.91 Å². The van der Waals surface area contributed by atoms with E-state index in [1.807, 2.05) is 18.2 Å². The van der Waals surface area contributed by atoms with Crippen LogP contribution in [0.2, 0.25) is 0 Å². The number of hydrogen-bond donors (Lipinski definition) is 1. The van der Waals surface area contributed by atoms with E-state index in [4.69, 9.17) is 9.47 Å². The molecule has 6 heteroatoms. The van der Waals surface area contributed by atoms with Crippen LogP contribution in [-0.4, -0.2) is 25.0 Å². The summed E-state index contributed by atoms with van der Waals surface area (Å²) in [6.07, 6.45) is 3.79. The van der Waals surface area contributed by atoms with Crippen LogP contribution < -0.4 is 10.1 Å². The van der Waals surface area contributed by atoms with Crippen LogP contribution in [0.25, 0.3) is 0 Å².